The van der Waals surface area contributed by atoms with Gasteiger partial charge in [-0.05, 0) is 31.2 Å². The lowest BCUT2D eigenvalue weighted by molar-refractivity contribution is -0.149. The number of carbonyl (C=O) groups is 2. The van der Waals surface area contributed by atoms with Gasteiger partial charge in [0.05, 0.1) is 17.8 Å². The molecule has 28 heavy (non-hydrogen) atoms. The van der Waals surface area contributed by atoms with E-state index in [2.05, 4.69) is 5.10 Å². The van der Waals surface area contributed by atoms with E-state index in [0.717, 1.165) is 5.69 Å². The van der Waals surface area contributed by atoms with Crippen LogP contribution >= 0.6 is 0 Å². The number of alkyl halides is 1. The van der Waals surface area contributed by atoms with E-state index >= 15 is 0 Å². The zero-order chi connectivity index (χ0) is 19.9. The Morgan fingerprint density at radius 2 is 1.96 bits per heavy atom. The Kier molecular flexibility index (Phi) is 4.26. The van der Waals surface area contributed by atoms with Crippen molar-refractivity contribution < 1.29 is 23.5 Å². The molecule has 1 saturated heterocycles. The monoisotopic (exact) mass is 383 g/mol. The molecule has 1 aromatic carbocycles. The number of rotatable bonds is 4. The molecule has 3 heterocycles. The van der Waals surface area contributed by atoms with Gasteiger partial charge in [-0.1, -0.05) is 18.2 Å². The topological polar surface area (TPSA) is 88.6 Å². The Hall–Kier alpha value is -3.42. The largest absolute Gasteiger partial charge is 0.479 e. The highest BCUT2D eigenvalue weighted by atomic mass is 19.1. The Balaban J connectivity index is 1.74. The van der Waals surface area contributed by atoms with Crippen LogP contribution in [-0.4, -0.2) is 50.4 Å². The molecule has 2 aromatic heterocycles. The summed E-state index contributed by atoms with van der Waals surface area (Å²) in [6.07, 6.45) is 1.32. The number of carboxylic acid groups (broad SMARTS) is 1. The maximum absolute atomic E-state index is 14.4. The third-order valence-corrected chi connectivity index (χ3v) is 4.83. The number of hydrogen-bond donors (Lipinski definition) is 1. The number of furan rings is 1. The molecule has 7 nitrogen and oxygen atoms in total. The number of amides is 1. The van der Waals surface area contributed by atoms with Crippen LogP contribution < -0.4 is 0 Å². The number of benzene rings is 1. The lowest BCUT2D eigenvalue weighted by Gasteiger charge is -2.17. The Morgan fingerprint density at radius 3 is 2.57 bits per heavy atom. The van der Waals surface area contributed by atoms with Gasteiger partial charge in [-0.25, -0.2) is 13.9 Å². The number of aryl methyl sites for hydroxylation is 1. The summed E-state index contributed by atoms with van der Waals surface area (Å²) in [5.74, 6) is -0.950. The summed E-state index contributed by atoms with van der Waals surface area (Å²) >= 11 is 0. The van der Waals surface area contributed by atoms with Crippen molar-refractivity contribution >= 4 is 11.9 Å². The lowest BCUT2D eigenvalue weighted by atomic mass is 10.1. The highest BCUT2D eigenvalue weighted by Crippen LogP contribution is 2.31. The van der Waals surface area contributed by atoms with Crippen LogP contribution in [0, 0.1) is 6.92 Å². The van der Waals surface area contributed by atoms with Crippen molar-refractivity contribution in [2.24, 2.45) is 0 Å². The zero-order valence-corrected chi connectivity index (χ0v) is 15.1. The third kappa shape index (κ3) is 3.06. The van der Waals surface area contributed by atoms with Crippen LogP contribution in [0.5, 0.6) is 0 Å². The molecule has 0 aliphatic carbocycles. The quantitative estimate of drug-likeness (QED) is 0.748. The number of nitrogens with zero attached hydrogens (tertiary/aromatic N) is 3. The fourth-order valence-electron chi connectivity index (χ4n) is 3.28. The van der Waals surface area contributed by atoms with E-state index in [-0.39, 0.29) is 18.5 Å². The molecule has 8 heteroatoms. The summed E-state index contributed by atoms with van der Waals surface area (Å²) in [7, 11) is 0. The third-order valence-electron chi connectivity index (χ3n) is 4.83. The Morgan fingerprint density at radius 1 is 1.21 bits per heavy atom. The molecule has 1 aliphatic rings. The smallest absolute Gasteiger partial charge is 0.343 e. The fraction of sp³-hybridized carbons (Fsp3) is 0.250. The Bertz CT molecular complexity index is 1040. The molecular formula is C20H18FN3O4. The summed E-state index contributed by atoms with van der Waals surface area (Å²) in [4.78, 5) is 25.4. The van der Waals surface area contributed by atoms with Crippen molar-refractivity contribution in [3.8, 4) is 17.1 Å². The minimum absolute atomic E-state index is 0.0226. The first kappa shape index (κ1) is 18.0. The SMILES string of the molecule is Cc1ccc(-c2nn(-c3ccccc3)cc2C(=O)N2CCC(F)(C(=O)O)C2)o1. The number of para-hydroxylation sites is 1. The average molecular weight is 383 g/mol. The molecule has 144 valence electrons. The number of halogens is 1. The molecule has 0 radical (unpaired) electrons. The van der Waals surface area contributed by atoms with Gasteiger partial charge in [0, 0.05) is 19.2 Å². The predicted molar refractivity (Wildman–Crippen MR) is 98.0 cm³/mol. The van der Waals surface area contributed by atoms with Gasteiger partial charge in [-0.2, -0.15) is 5.10 Å². The molecule has 3 aromatic rings. The van der Waals surface area contributed by atoms with E-state index in [1.807, 2.05) is 30.3 Å². The van der Waals surface area contributed by atoms with E-state index in [0.29, 0.717) is 17.2 Å². The van der Waals surface area contributed by atoms with E-state index in [1.165, 1.54) is 4.90 Å². The minimum atomic E-state index is -2.42. The van der Waals surface area contributed by atoms with Crippen LogP contribution in [0.1, 0.15) is 22.5 Å². The summed E-state index contributed by atoms with van der Waals surface area (Å²) in [6.45, 7) is 1.31. The van der Waals surface area contributed by atoms with E-state index < -0.39 is 24.1 Å². The normalized spacial score (nSPS) is 19.1. The van der Waals surface area contributed by atoms with Gasteiger partial charge in [0.15, 0.2) is 5.76 Å². The van der Waals surface area contributed by atoms with Crippen molar-refractivity contribution in [2.45, 2.75) is 19.0 Å². The summed E-state index contributed by atoms with van der Waals surface area (Å²) in [6, 6.07) is 12.7. The minimum Gasteiger partial charge on any atom is -0.479 e. The van der Waals surface area contributed by atoms with Crippen molar-refractivity contribution in [2.75, 3.05) is 13.1 Å². The maximum atomic E-state index is 14.4. The van der Waals surface area contributed by atoms with Gasteiger partial charge in [0.1, 0.15) is 11.5 Å². The number of aromatic nitrogens is 2. The molecule has 0 bridgehead atoms. The first-order valence-electron chi connectivity index (χ1n) is 8.81. The van der Waals surface area contributed by atoms with Gasteiger partial charge in [0.25, 0.3) is 5.91 Å². The van der Waals surface area contributed by atoms with Gasteiger partial charge in [-0.15, -0.1) is 0 Å². The second kappa shape index (κ2) is 6.63. The van der Waals surface area contributed by atoms with Crippen LogP contribution in [0.3, 0.4) is 0 Å². The van der Waals surface area contributed by atoms with E-state index in [1.54, 1.807) is 29.9 Å². The fourth-order valence-corrected chi connectivity index (χ4v) is 3.28. The number of likely N-dealkylation sites (tertiary alicyclic amines) is 1. The highest BCUT2D eigenvalue weighted by Gasteiger charge is 2.47. The summed E-state index contributed by atoms with van der Waals surface area (Å²) < 4.78 is 21.6. The van der Waals surface area contributed by atoms with Crippen LogP contribution in [0.15, 0.2) is 53.1 Å². The van der Waals surface area contributed by atoms with Gasteiger partial charge >= 0.3 is 5.97 Å². The maximum Gasteiger partial charge on any atom is 0.343 e. The standard InChI is InChI=1S/C20H18FN3O4/c1-13-7-8-16(28-13)17-15(11-24(22-17)14-5-3-2-4-6-14)18(25)23-10-9-20(21,12-23)19(26)27/h2-8,11H,9-10,12H2,1H3,(H,26,27). The molecule has 1 atom stereocenters. The first-order chi connectivity index (χ1) is 13.4. The van der Waals surface area contributed by atoms with E-state index in [4.69, 9.17) is 9.52 Å². The molecule has 1 aliphatic heterocycles. The molecule has 0 spiro atoms. The highest BCUT2D eigenvalue weighted by molar-refractivity contribution is 6.00. The molecule has 1 amide bonds. The second-order valence-corrected chi connectivity index (χ2v) is 6.83. The molecule has 1 fully saturated rings. The van der Waals surface area contributed by atoms with Crippen molar-refractivity contribution in [3.63, 3.8) is 0 Å². The summed E-state index contributed by atoms with van der Waals surface area (Å²) in [5.41, 5.74) is -1.12. The molecule has 0 saturated carbocycles. The van der Waals surface area contributed by atoms with Crippen LogP contribution in [-0.2, 0) is 4.79 Å². The molecule has 1 unspecified atom stereocenters. The van der Waals surface area contributed by atoms with Crippen LogP contribution in [0.25, 0.3) is 17.1 Å². The van der Waals surface area contributed by atoms with E-state index in [9.17, 15) is 14.0 Å². The van der Waals surface area contributed by atoms with Crippen LogP contribution in [0.2, 0.25) is 0 Å². The van der Waals surface area contributed by atoms with Gasteiger partial charge < -0.3 is 14.4 Å². The Labute approximate surface area is 160 Å². The zero-order valence-electron chi connectivity index (χ0n) is 15.1. The molecule has 4 rings (SSSR count). The lowest BCUT2D eigenvalue weighted by Crippen LogP contribution is -2.38. The van der Waals surface area contributed by atoms with Crippen molar-refractivity contribution in [3.05, 3.63) is 60.0 Å². The number of carbonyl (C=O) groups excluding carboxylic acids is 1. The van der Waals surface area contributed by atoms with Gasteiger partial charge in [0.2, 0.25) is 5.67 Å². The molecular weight excluding hydrogens is 365 g/mol. The molecule has 1 N–H and O–H groups in total. The number of aliphatic carboxylic acids is 1. The number of hydrogen-bond acceptors (Lipinski definition) is 4. The average Bonchev–Trinajstić information content (AvgIpc) is 3.40. The van der Waals surface area contributed by atoms with Gasteiger partial charge in [-0.3, -0.25) is 4.79 Å². The second-order valence-electron chi connectivity index (χ2n) is 6.83. The number of carboxylic acids is 1. The summed E-state index contributed by atoms with van der Waals surface area (Å²) in [5, 5.41) is 13.6. The van der Waals surface area contributed by atoms with Crippen LogP contribution in [0.4, 0.5) is 4.39 Å². The van der Waals surface area contributed by atoms with Crippen molar-refractivity contribution in [1.29, 1.82) is 0 Å². The van der Waals surface area contributed by atoms with Crippen molar-refractivity contribution in [1.82, 2.24) is 14.7 Å². The first-order valence-corrected chi connectivity index (χ1v) is 8.81. The predicted octanol–water partition coefficient (Wildman–Crippen LogP) is 3.08.